The molecule has 0 bridgehead atoms. The minimum Gasteiger partial charge on any atom is -0.354 e. The number of hydrogen-bond donors (Lipinski definition) is 2. The summed E-state index contributed by atoms with van der Waals surface area (Å²) in [7, 11) is -3.30. The van der Waals surface area contributed by atoms with E-state index in [-0.39, 0.29) is 35.2 Å². The van der Waals surface area contributed by atoms with Crippen LogP contribution in [0.5, 0.6) is 0 Å². The number of fused-ring (bicyclic) bond motifs is 1. The molecule has 10 heteroatoms. The van der Waals surface area contributed by atoms with Crippen LogP contribution < -0.4 is 10.7 Å². The van der Waals surface area contributed by atoms with Gasteiger partial charge in [-0.1, -0.05) is 6.92 Å². The summed E-state index contributed by atoms with van der Waals surface area (Å²) in [4.78, 5) is 27.1. The van der Waals surface area contributed by atoms with Crippen molar-refractivity contribution in [3.63, 3.8) is 0 Å². The van der Waals surface area contributed by atoms with E-state index in [9.17, 15) is 18.0 Å². The number of sulfonamides is 1. The van der Waals surface area contributed by atoms with E-state index in [0.29, 0.717) is 49.6 Å². The highest BCUT2D eigenvalue weighted by Gasteiger charge is 2.49. The van der Waals surface area contributed by atoms with Gasteiger partial charge in [-0.3, -0.25) is 15.0 Å². The molecular weight excluding hydrogens is 502 g/mol. The van der Waals surface area contributed by atoms with Crippen LogP contribution in [0.3, 0.4) is 0 Å². The standard InChI is InChI=1S/C28H49N5O4S/c1-19-8-13-31(14-9-19)28(35)27-20(2)30-33-17-12-23(18-26(27)33)22-10-15-32(16-11-22)38(36,37)25-6-4-24(5-7-25)29-21(3)34/h19-20,22-27,30H,4-18H2,1-3H3,(H,29,34). The molecular formula is C28H49N5O4S. The van der Waals surface area contributed by atoms with Crippen LogP contribution in [-0.2, 0) is 19.6 Å². The molecule has 4 unspecified atom stereocenters. The van der Waals surface area contributed by atoms with Crippen molar-refractivity contribution >= 4 is 21.8 Å². The average Bonchev–Trinajstić information content (AvgIpc) is 3.23. The smallest absolute Gasteiger partial charge is 0.228 e. The van der Waals surface area contributed by atoms with Crippen molar-refractivity contribution in [1.29, 1.82) is 0 Å². The number of carbonyl (C=O) groups excluding carboxylic acids is 2. The summed E-state index contributed by atoms with van der Waals surface area (Å²) in [5.41, 5.74) is 3.61. The minimum atomic E-state index is -3.30. The number of nitrogens with zero attached hydrogens (tertiary/aromatic N) is 3. The molecule has 2 amide bonds. The molecule has 5 fully saturated rings. The largest absolute Gasteiger partial charge is 0.354 e. The van der Waals surface area contributed by atoms with Gasteiger partial charge in [0.25, 0.3) is 0 Å². The van der Waals surface area contributed by atoms with Gasteiger partial charge in [-0.15, -0.1) is 0 Å². The Morgan fingerprint density at radius 2 is 1.45 bits per heavy atom. The van der Waals surface area contributed by atoms with E-state index >= 15 is 0 Å². The molecule has 0 aromatic carbocycles. The SMILES string of the molecule is CC(=O)NC1CCC(S(=O)(=O)N2CCC(C3CCN4NC(C)C(C(=O)N5CCC(C)CC5)C4C3)CC2)CC1. The van der Waals surface area contributed by atoms with E-state index in [0.717, 1.165) is 71.0 Å². The molecule has 0 aromatic heterocycles. The predicted octanol–water partition coefficient (Wildman–Crippen LogP) is 2.34. The summed E-state index contributed by atoms with van der Waals surface area (Å²) in [5.74, 6) is 2.10. The summed E-state index contributed by atoms with van der Waals surface area (Å²) >= 11 is 0. The van der Waals surface area contributed by atoms with E-state index in [4.69, 9.17) is 0 Å². The number of hydrazine groups is 1. The number of hydrogen-bond acceptors (Lipinski definition) is 6. The van der Waals surface area contributed by atoms with Crippen LogP contribution in [0.2, 0.25) is 0 Å². The Kier molecular flexibility index (Phi) is 8.72. The molecule has 0 aromatic rings. The Labute approximate surface area is 229 Å². The lowest BCUT2D eigenvalue weighted by Gasteiger charge is -2.43. The highest BCUT2D eigenvalue weighted by Crippen LogP contribution is 2.41. The van der Waals surface area contributed by atoms with Crippen molar-refractivity contribution in [2.75, 3.05) is 32.7 Å². The second kappa shape index (κ2) is 11.7. The van der Waals surface area contributed by atoms with Crippen LogP contribution in [0.4, 0.5) is 0 Å². The first kappa shape index (κ1) is 28.3. The molecule has 5 rings (SSSR count). The number of rotatable bonds is 5. The van der Waals surface area contributed by atoms with Crippen LogP contribution in [0.1, 0.15) is 85.0 Å². The number of amides is 2. The van der Waals surface area contributed by atoms with Gasteiger partial charge >= 0.3 is 0 Å². The van der Waals surface area contributed by atoms with Crippen molar-refractivity contribution in [2.24, 2.45) is 23.7 Å². The molecule has 5 aliphatic rings. The second-order valence-corrected chi connectivity index (χ2v) is 15.2. The first-order chi connectivity index (χ1) is 18.1. The summed E-state index contributed by atoms with van der Waals surface area (Å²) in [5, 5.41) is 4.97. The number of likely N-dealkylation sites (tertiary alicyclic amines) is 1. The Morgan fingerprint density at radius 3 is 2.08 bits per heavy atom. The predicted molar refractivity (Wildman–Crippen MR) is 147 cm³/mol. The van der Waals surface area contributed by atoms with Gasteiger partial charge in [0.05, 0.1) is 11.2 Å². The number of piperidine rings is 3. The van der Waals surface area contributed by atoms with Crippen LogP contribution in [0.15, 0.2) is 0 Å². The van der Waals surface area contributed by atoms with Crippen LogP contribution in [0, 0.1) is 23.7 Å². The summed E-state index contributed by atoms with van der Waals surface area (Å²) in [6.07, 6.45) is 8.93. The molecule has 4 aliphatic heterocycles. The lowest BCUT2D eigenvalue weighted by molar-refractivity contribution is -0.138. The Morgan fingerprint density at radius 1 is 0.816 bits per heavy atom. The topological polar surface area (TPSA) is 102 Å². The third-order valence-electron chi connectivity index (χ3n) is 10.4. The minimum absolute atomic E-state index is 0.0132. The average molecular weight is 552 g/mol. The first-order valence-electron chi connectivity index (χ1n) is 15.2. The quantitative estimate of drug-likeness (QED) is 0.544. The van der Waals surface area contributed by atoms with Gasteiger partial charge in [-0.2, -0.15) is 0 Å². The zero-order chi connectivity index (χ0) is 27.0. The van der Waals surface area contributed by atoms with Crippen molar-refractivity contribution in [1.82, 2.24) is 25.0 Å². The maximum absolute atomic E-state index is 13.6. The van der Waals surface area contributed by atoms with Gasteiger partial charge in [-0.25, -0.2) is 17.7 Å². The monoisotopic (exact) mass is 551 g/mol. The lowest BCUT2D eigenvalue weighted by Crippen LogP contribution is -2.51. The van der Waals surface area contributed by atoms with Crippen LogP contribution >= 0.6 is 0 Å². The van der Waals surface area contributed by atoms with Gasteiger partial charge in [0, 0.05) is 57.8 Å². The summed E-state index contributed by atoms with van der Waals surface area (Å²) < 4.78 is 28.6. The highest BCUT2D eigenvalue weighted by molar-refractivity contribution is 7.89. The number of nitrogens with one attached hydrogen (secondary N) is 2. The highest BCUT2D eigenvalue weighted by atomic mass is 32.2. The second-order valence-electron chi connectivity index (χ2n) is 13.0. The fraction of sp³-hybridized carbons (Fsp3) is 0.929. The van der Waals surface area contributed by atoms with Gasteiger partial charge in [-0.05, 0) is 88.9 Å². The Bertz CT molecular complexity index is 952. The molecule has 4 atom stereocenters. The van der Waals surface area contributed by atoms with E-state index < -0.39 is 10.0 Å². The van der Waals surface area contributed by atoms with E-state index in [1.807, 2.05) is 0 Å². The van der Waals surface area contributed by atoms with E-state index in [1.165, 1.54) is 6.92 Å². The van der Waals surface area contributed by atoms with Crippen molar-refractivity contribution in [3.8, 4) is 0 Å². The zero-order valence-electron chi connectivity index (χ0n) is 23.6. The van der Waals surface area contributed by atoms with Crippen LogP contribution in [-0.4, -0.2) is 90.5 Å². The van der Waals surface area contributed by atoms with Crippen molar-refractivity contribution in [2.45, 2.75) is 108 Å². The van der Waals surface area contributed by atoms with Gasteiger partial charge in [0.2, 0.25) is 21.8 Å². The summed E-state index contributed by atoms with van der Waals surface area (Å²) in [6.45, 7) is 9.95. The molecule has 4 saturated heterocycles. The molecule has 4 heterocycles. The third-order valence-corrected chi connectivity index (χ3v) is 12.8. The van der Waals surface area contributed by atoms with Gasteiger partial charge in [0.1, 0.15) is 0 Å². The van der Waals surface area contributed by atoms with Gasteiger partial charge < -0.3 is 10.2 Å². The fourth-order valence-corrected chi connectivity index (χ4v) is 10.1. The Balaban J connectivity index is 1.14. The molecule has 216 valence electrons. The van der Waals surface area contributed by atoms with Crippen LogP contribution in [0.25, 0.3) is 0 Å². The molecule has 2 N–H and O–H groups in total. The maximum Gasteiger partial charge on any atom is 0.228 e. The first-order valence-corrected chi connectivity index (χ1v) is 16.7. The van der Waals surface area contributed by atoms with Crippen molar-refractivity contribution in [3.05, 3.63) is 0 Å². The molecule has 9 nitrogen and oxygen atoms in total. The molecule has 1 aliphatic carbocycles. The molecule has 0 radical (unpaired) electrons. The molecule has 38 heavy (non-hydrogen) atoms. The van der Waals surface area contributed by atoms with E-state index in [2.05, 4.69) is 34.5 Å². The van der Waals surface area contributed by atoms with Gasteiger partial charge in [0.15, 0.2) is 0 Å². The summed E-state index contributed by atoms with van der Waals surface area (Å²) in [6, 6.07) is 0.520. The number of carbonyl (C=O) groups is 2. The molecule has 1 saturated carbocycles. The normalized spacial score (nSPS) is 36.7. The third kappa shape index (κ3) is 5.93. The maximum atomic E-state index is 13.6. The Hall–Kier alpha value is -1.23. The van der Waals surface area contributed by atoms with Crippen molar-refractivity contribution < 1.29 is 18.0 Å². The lowest BCUT2D eigenvalue weighted by atomic mass is 9.74. The zero-order valence-corrected chi connectivity index (χ0v) is 24.4. The fourth-order valence-electron chi connectivity index (χ4n) is 8.05. The van der Waals surface area contributed by atoms with E-state index in [1.54, 1.807) is 4.31 Å². The molecule has 0 spiro atoms.